The molecule has 3 aromatic rings. The van der Waals surface area contributed by atoms with Crippen molar-refractivity contribution in [1.82, 2.24) is 10.3 Å². The molecule has 1 aliphatic rings. The van der Waals surface area contributed by atoms with E-state index in [-0.39, 0.29) is 32.6 Å². The van der Waals surface area contributed by atoms with Gasteiger partial charge >= 0.3 is 12.0 Å². The van der Waals surface area contributed by atoms with E-state index in [1.165, 1.54) is 31.6 Å². The third-order valence-corrected chi connectivity index (χ3v) is 9.60. The zero-order valence-corrected chi connectivity index (χ0v) is 24.4. The van der Waals surface area contributed by atoms with Gasteiger partial charge in [-0.15, -0.1) is 0 Å². The van der Waals surface area contributed by atoms with Crippen LogP contribution in [0.25, 0.3) is 0 Å². The number of nitrogens with zero attached hydrogens (tertiary/aromatic N) is 1. The number of amides is 3. The number of carbonyl (C=O) groups is 3. The van der Waals surface area contributed by atoms with Crippen LogP contribution in [0.2, 0.25) is 10.0 Å². The molecule has 41 heavy (non-hydrogen) atoms. The lowest BCUT2D eigenvalue weighted by Crippen LogP contribution is -2.45. The van der Waals surface area contributed by atoms with E-state index in [0.717, 1.165) is 12.8 Å². The van der Waals surface area contributed by atoms with E-state index in [1.807, 2.05) is 0 Å². The first kappa shape index (κ1) is 30.3. The van der Waals surface area contributed by atoms with E-state index in [1.54, 1.807) is 36.4 Å². The minimum atomic E-state index is -3.63. The lowest BCUT2D eigenvalue weighted by Gasteiger charge is -2.19. The van der Waals surface area contributed by atoms with Gasteiger partial charge in [-0.2, -0.15) is 0 Å². The van der Waals surface area contributed by atoms with Crippen molar-refractivity contribution < 1.29 is 27.5 Å². The molecule has 10 nitrogen and oxygen atoms in total. The van der Waals surface area contributed by atoms with Gasteiger partial charge in [0.15, 0.2) is 9.84 Å². The van der Waals surface area contributed by atoms with Crippen LogP contribution in [0, 0.1) is 0 Å². The third-order valence-electron chi connectivity index (χ3n) is 6.71. The maximum Gasteiger partial charge on any atom is 0.328 e. The van der Waals surface area contributed by atoms with E-state index < -0.39 is 39.0 Å². The molecule has 2 aromatic carbocycles. The topological polar surface area (TPSA) is 144 Å². The van der Waals surface area contributed by atoms with Gasteiger partial charge in [0.05, 0.1) is 38.6 Å². The lowest BCUT2D eigenvalue weighted by molar-refractivity contribution is -0.142. The molecular weight excluding hydrogens is 591 g/mol. The van der Waals surface area contributed by atoms with E-state index in [9.17, 15) is 22.8 Å². The van der Waals surface area contributed by atoms with Crippen LogP contribution in [-0.2, 0) is 25.8 Å². The Labute approximate surface area is 247 Å². The molecule has 4 rings (SSSR count). The number of sulfone groups is 1. The van der Waals surface area contributed by atoms with Gasteiger partial charge in [0.1, 0.15) is 6.04 Å². The number of anilines is 2. The summed E-state index contributed by atoms with van der Waals surface area (Å²) in [5.41, 5.74) is 1.33. The second-order valence-electron chi connectivity index (χ2n) is 9.46. The summed E-state index contributed by atoms with van der Waals surface area (Å²) in [6.45, 7) is 0. The molecular formula is C28H28Cl2N4O6S. The molecule has 3 N–H and O–H groups in total. The Bertz CT molecular complexity index is 1520. The predicted octanol–water partition coefficient (Wildman–Crippen LogP) is 5.26. The van der Waals surface area contributed by atoms with Crippen LogP contribution in [0.4, 0.5) is 16.2 Å². The molecule has 0 radical (unpaired) electrons. The van der Waals surface area contributed by atoms with Crippen LogP contribution in [0.1, 0.15) is 41.6 Å². The number of aromatic nitrogens is 1. The van der Waals surface area contributed by atoms with Crippen LogP contribution < -0.4 is 16.0 Å². The Balaban J connectivity index is 1.43. The minimum Gasteiger partial charge on any atom is -0.467 e. The molecule has 3 amide bonds. The summed E-state index contributed by atoms with van der Waals surface area (Å²) in [6, 6.07) is 11.0. The number of urea groups is 1. The van der Waals surface area contributed by atoms with Gasteiger partial charge in [-0.1, -0.05) is 60.3 Å². The Morgan fingerprint density at radius 3 is 2.24 bits per heavy atom. The third kappa shape index (κ3) is 7.35. The average molecular weight is 620 g/mol. The van der Waals surface area contributed by atoms with Crippen LogP contribution in [0.3, 0.4) is 0 Å². The number of esters is 1. The van der Waals surface area contributed by atoms with E-state index in [4.69, 9.17) is 27.9 Å². The highest BCUT2D eigenvalue weighted by atomic mass is 35.5. The predicted molar refractivity (Wildman–Crippen MR) is 156 cm³/mol. The van der Waals surface area contributed by atoms with Gasteiger partial charge in [0.2, 0.25) is 0 Å². The van der Waals surface area contributed by atoms with Gasteiger partial charge < -0.3 is 20.7 Å². The van der Waals surface area contributed by atoms with Crippen molar-refractivity contribution in [2.45, 2.75) is 48.3 Å². The van der Waals surface area contributed by atoms with Crippen molar-refractivity contribution in [1.29, 1.82) is 0 Å². The Morgan fingerprint density at radius 1 is 0.976 bits per heavy atom. The van der Waals surface area contributed by atoms with E-state index in [0.29, 0.717) is 24.1 Å². The summed E-state index contributed by atoms with van der Waals surface area (Å²) in [5, 5.41) is 7.58. The maximum atomic E-state index is 13.2. The van der Waals surface area contributed by atoms with Crippen molar-refractivity contribution in [3.63, 3.8) is 0 Å². The van der Waals surface area contributed by atoms with Crippen molar-refractivity contribution in [3.8, 4) is 0 Å². The molecule has 0 bridgehead atoms. The van der Waals surface area contributed by atoms with Crippen molar-refractivity contribution in [2.24, 2.45) is 0 Å². The summed E-state index contributed by atoms with van der Waals surface area (Å²) in [7, 11) is -2.43. The maximum absolute atomic E-state index is 13.2. The van der Waals surface area contributed by atoms with Gasteiger partial charge in [0.25, 0.3) is 5.91 Å². The standard InChI is InChI=1S/C28H28Cl2N4O6S/c1-40-27(36)23(14-17-10-12-18(13-11-17)32-26(35)25-20(29)15-31-16-21(25)30)34-28(37)33-22-8-4-5-9-24(22)41(38,39)19-6-2-3-7-19/h4-5,8-13,15-16,19,23H,2-3,6-7,14H2,1H3,(H,32,35)(H2,33,34,37). The number of ether oxygens (including phenoxy) is 1. The Morgan fingerprint density at radius 2 is 1.61 bits per heavy atom. The molecule has 1 aliphatic carbocycles. The highest BCUT2D eigenvalue weighted by Gasteiger charge is 2.32. The molecule has 1 atom stereocenters. The monoisotopic (exact) mass is 618 g/mol. The molecule has 1 saturated carbocycles. The minimum absolute atomic E-state index is 0.0450. The number of hydrogen-bond acceptors (Lipinski definition) is 7. The summed E-state index contributed by atoms with van der Waals surface area (Å²) in [4.78, 5) is 41.9. The first-order valence-corrected chi connectivity index (χ1v) is 15.1. The van der Waals surface area contributed by atoms with Gasteiger partial charge in [0, 0.05) is 24.5 Å². The Hall–Kier alpha value is -3.67. The van der Waals surface area contributed by atoms with Crippen molar-refractivity contribution in [2.75, 3.05) is 17.7 Å². The molecule has 0 aliphatic heterocycles. The molecule has 1 fully saturated rings. The zero-order valence-electron chi connectivity index (χ0n) is 22.0. The fourth-order valence-corrected chi connectivity index (χ4v) is 7.17. The molecule has 13 heteroatoms. The van der Waals surface area contributed by atoms with Crippen molar-refractivity contribution >= 4 is 62.3 Å². The summed E-state index contributed by atoms with van der Waals surface area (Å²) in [6.07, 6.45) is 5.56. The zero-order chi connectivity index (χ0) is 29.6. The summed E-state index contributed by atoms with van der Waals surface area (Å²) < 4.78 is 31.2. The number of benzene rings is 2. The van der Waals surface area contributed by atoms with Gasteiger partial charge in [-0.3, -0.25) is 9.78 Å². The number of methoxy groups -OCH3 is 1. The number of para-hydroxylation sites is 1. The normalized spacial score (nSPS) is 14.2. The molecule has 1 aromatic heterocycles. The fraction of sp³-hybridized carbons (Fsp3) is 0.286. The number of nitrogens with one attached hydrogen (secondary N) is 3. The number of carbonyl (C=O) groups excluding carboxylic acids is 3. The second kappa shape index (κ2) is 13.3. The van der Waals surface area contributed by atoms with Crippen molar-refractivity contribution in [3.05, 3.63) is 82.1 Å². The number of pyridine rings is 1. The smallest absolute Gasteiger partial charge is 0.328 e. The number of hydrogen-bond donors (Lipinski definition) is 3. The van der Waals surface area contributed by atoms with Gasteiger partial charge in [-0.25, -0.2) is 18.0 Å². The fourth-order valence-electron chi connectivity index (χ4n) is 4.63. The molecule has 216 valence electrons. The van der Waals surface area contributed by atoms with E-state index in [2.05, 4.69) is 20.9 Å². The lowest BCUT2D eigenvalue weighted by atomic mass is 10.1. The number of rotatable bonds is 9. The highest BCUT2D eigenvalue weighted by molar-refractivity contribution is 7.92. The number of halogens is 2. The molecule has 1 heterocycles. The van der Waals surface area contributed by atoms with Crippen LogP contribution in [0.5, 0.6) is 0 Å². The highest BCUT2D eigenvalue weighted by Crippen LogP contribution is 2.33. The molecule has 0 spiro atoms. The quantitative estimate of drug-likeness (QED) is 0.277. The molecule has 1 unspecified atom stereocenters. The average Bonchev–Trinajstić information content (AvgIpc) is 3.50. The SMILES string of the molecule is COC(=O)C(Cc1ccc(NC(=O)c2c(Cl)cncc2Cl)cc1)NC(=O)Nc1ccccc1S(=O)(=O)C1CCCC1. The van der Waals surface area contributed by atoms with E-state index >= 15 is 0 Å². The summed E-state index contributed by atoms with van der Waals surface area (Å²) in [5.74, 6) is -1.21. The first-order chi connectivity index (χ1) is 19.6. The molecule has 0 saturated heterocycles. The van der Waals surface area contributed by atoms with Crippen LogP contribution >= 0.6 is 23.2 Å². The largest absolute Gasteiger partial charge is 0.467 e. The first-order valence-electron chi connectivity index (χ1n) is 12.8. The van der Waals surface area contributed by atoms with Crippen LogP contribution in [-0.4, -0.2) is 49.7 Å². The summed E-state index contributed by atoms with van der Waals surface area (Å²) >= 11 is 12.1. The van der Waals surface area contributed by atoms with Crippen LogP contribution in [0.15, 0.2) is 65.8 Å². The second-order valence-corrected chi connectivity index (χ2v) is 12.5. The Kier molecular flexibility index (Phi) is 9.85. The van der Waals surface area contributed by atoms with Gasteiger partial charge in [-0.05, 0) is 42.7 Å².